The van der Waals surface area contributed by atoms with E-state index in [-0.39, 0.29) is 0 Å². The molecule has 2 N–H and O–H groups in total. The second kappa shape index (κ2) is 1.69. The summed E-state index contributed by atoms with van der Waals surface area (Å²) in [6.07, 6.45) is 0. The Morgan fingerprint density at radius 3 is 2.56 bits per heavy atom. The van der Waals surface area contributed by atoms with Crippen molar-refractivity contribution in [3.63, 3.8) is 0 Å². The maximum atomic E-state index is 10.1. The Hall–Kier alpha value is -1.66. The van der Waals surface area contributed by atoms with Crippen LogP contribution in [-0.2, 0) is 0 Å². The SMILES string of the molecule is O=[13c]1[nH]nc([N+](=O)[O-])[nH]1. The highest BCUT2D eigenvalue weighted by molar-refractivity contribution is 4.95. The van der Waals surface area contributed by atoms with E-state index in [0.717, 1.165) is 0 Å². The normalized spacial score (nSPS) is 9.33. The van der Waals surface area contributed by atoms with Crippen molar-refractivity contribution in [2.45, 2.75) is 0 Å². The highest BCUT2D eigenvalue weighted by Gasteiger charge is 2.06. The van der Waals surface area contributed by atoms with E-state index in [2.05, 4.69) is 5.10 Å². The maximum absolute atomic E-state index is 10.1. The molecule has 0 aliphatic heterocycles. The zero-order valence-electron chi connectivity index (χ0n) is 4.12. The molecule has 0 aliphatic rings. The average Bonchev–Trinajstić information content (AvgIpc) is 2.14. The van der Waals surface area contributed by atoms with Crippen LogP contribution in [-0.4, -0.2) is 20.1 Å². The predicted octanol–water partition coefficient (Wildman–Crippen LogP) is -0.994. The van der Waals surface area contributed by atoms with Crippen LogP contribution in [0.2, 0.25) is 0 Å². The quantitative estimate of drug-likeness (QED) is 0.377. The Kier molecular flexibility index (Phi) is 1.03. The Bertz CT molecular complexity index is 271. The van der Waals surface area contributed by atoms with Crippen LogP contribution in [0.15, 0.2) is 4.79 Å². The van der Waals surface area contributed by atoms with Gasteiger partial charge in [0.05, 0.1) is 0 Å². The molecule has 0 spiro atoms. The zero-order valence-corrected chi connectivity index (χ0v) is 4.12. The van der Waals surface area contributed by atoms with Gasteiger partial charge in [-0.1, -0.05) is 0 Å². The van der Waals surface area contributed by atoms with Crippen LogP contribution >= 0.6 is 0 Å². The summed E-state index contributed by atoms with van der Waals surface area (Å²) in [6.45, 7) is 0. The minimum absolute atomic E-state index is 0.569. The molecule has 0 bridgehead atoms. The summed E-state index contributed by atoms with van der Waals surface area (Å²) in [6, 6.07) is 0. The fourth-order valence-corrected chi connectivity index (χ4v) is 0.348. The molecule has 0 aliphatic carbocycles. The van der Waals surface area contributed by atoms with Gasteiger partial charge in [-0.2, -0.15) is 4.98 Å². The Morgan fingerprint density at radius 2 is 2.33 bits per heavy atom. The molecule has 0 radical (unpaired) electrons. The minimum atomic E-state index is -0.794. The Labute approximate surface area is 47.9 Å². The molecule has 7 nitrogen and oxygen atoms in total. The van der Waals surface area contributed by atoms with E-state index >= 15 is 0 Å². The average molecular weight is 131 g/mol. The van der Waals surface area contributed by atoms with Crippen LogP contribution in [0, 0.1) is 10.1 Å². The molecule has 0 fully saturated rings. The third-order valence-corrected chi connectivity index (χ3v) is 0.662. The van der Waals surface area contributed by atoms with Crippen molar-refractivity contribution < 1.29 is 4.92 Å². The van der Waals surface area contributed by atoms with E-state index in [4.69, 9.17) is 0 Å². The number of nitro groups is 1. The van der Waals surface area contributed by atoms with E-state index in [1.54, 1.807) is 0 Å². The molecular formula is C2H2N4O3. The number of aromatic amines is 2. The molecule has 0 atom stereocenters. The van der Waals surface area contributed by atoms with E-state index in [1.807, 2.05) is 10.1 Å². The van der Waals surface area contributed by atoms with Crippen LogP contribution in [0.4, 0.5) is 5.95 Å². The molecule has 1 heterocycles. The van der Waals surface area contributed by atoms with Gasteiger partial charge in [-0.05, 0) is 4.92 Å². The first-order valence-corrected chi connectivity index (χ1v) is 1.99. The number of aromatic nitrogens is 3. The first-order chi connectivity index (χ1) is 4.20. The number of hydrogen-bond acceptors (Lipinski definition) is 4. The summed E-state index contributed by atoms with van der Waals surface area (Å²) in [7, 11) is 0. The second-order valence-corrected chi connectivity index (χ2v) is 1.26. The molecule has 1 rings (SSSR count). The smallest absolute Gasteiger partial charge is 0.390 e. The Balaban J connectivity index is 3.12. The summed E-state index contributed by atoms with van der Waals surface area (Å²) in [4.78, 5) is 20.9. The molecule has 0 saturated heterocycles. The van der Waals surface area contributed by atoms with Crippen molar-refractivity contribution in [3.8, 4) is 0 Å². The summed E-state index contributed by atoms with van der Waals surface area (Å²) < 4.78 is 0. The summed E-state index contributed by atoms with van der Waals surface area (Å²) >= 11 is 0. The first-order valence-electron chi connectivity index (χ1n) is 1.99. The molecular weight excluding hydrogens is 129 g/mol. The molecule has 48 valence electrons. The lowest BCUT2D eigenvalue weighted by Gasteiger charge is -1.82. The minimum Gasteiger partial charge on any atom is -0.390 e. The van der Waals surface area contributed by atoms with Gasteiger partial charge in [0.2, 0.25) is 0 Å². The van der Waals surface area contributed by atoms with E-state index in [0.29, 0.717) is 0 Å². The van der Waals surface area contributed by atoms with Crippen molar-refractivity contribution in [2.75, 3.05) is 0 Å². The third kappa shape index (κ3) is 0.929. The number of H-pyrrole nitrogens is 2. The number of nitrogens with one attached hydrogen (secondary N) is 2. The predicted molar refractivity (Wildman–Crippen MR) is 25.9 cm³/mol. The first kappa shape index (κ1) is 5.48. The van der Waals surface area contributed by atoms with Gasteiger partial charge in [-0.15, -0.1) is 5.10 Å². The fraction of sp³-hybridized carbons (Fsp3) is 0. The molecule has 1 aromatic heterocycles. The molecule has 1 aromatic rings. The van der Waals surface area contributed by atoms with E-state index in [9.17, 15) is 14.9 Å². The summed E-state index contributed by atoms with van der Waals surface area (Å²) in [5.74, 6) is -0.569. The van der Waals surface area contributed by atoms with Gasteiger partial charge in [0, 0.05) is 5.10 Å². The Morgan fingerprint density at radius 1 is 1.67 bits per heavy atom. The van der Waals surface area contributed by atoms with Crippen LogP contribution in [0.1, 0.15) is 0 Å². The summed E-state index contributed by atoms with van der Waals surface area (Å²) in [5.41, 5.74) is -0.679. The lowest BCUT2D eigenvalue weighted by atomic mass is 11.1. The lowest BCUT2D eigenvalue weighted by Crippen LogP contribution is -2.01. The van der Waals surface area contributed by atoms with Crippen LogP contribution in [0.25, 0.3) is 0 Å². The van der Waals surface area contributed by atoms with Crippen molar-refractivity contribution >= 4 is 5.95 Å². The highest BCUT2D eigenvalue weighted by Crippen LogP contribution is 1.91. The highest BCUT2D eigenvalue weighted by atomic mass is 16.6. The standard InChI is InChI=1S/C2H2N4O3/c7-2-3-1(4-5-2)6(8)9/h(H2,3,4,5,7)/i2+1. The number of rotatable bonds is 1. The molecule has 0 amide bonds. The van der Waals surface area contributed by atoms with Gasteiger partial charge in [0.1, 0.15) is 0 Å². The zero-order chi connectivity index (χ0) is 6.85. The molecule has 0 unspecified atom stereocenters. The van der Waals surface area contributed by atoms with Crippen molar-refractivity contribution in [3.05, 3.63) is 20.6 Å². The number of hydrogen-bond donors (Lipinski definition) is 2. The topological polar surface area (TPSA) is 105 Å². The maximum Gasteiger partial charge on any atom is 0.457 e. The van der Waals surface area contributed by atoms with Gasteiger partial charge in [0.15, 0.2) is 0 Å². The van der Waals surface area contributed by atoms with Crippen LogP contribution in [0.3, 0.4) is 0 Å². The molecule has 9 heavy (non-hydrogen) atoms. The molecule has 0 aromatic carbocycles. The van der Waals surface area contributed by atoms with E-state index < -0.39 is 16.6 Å². The van der Waals surface area contributed by atoms with Gasteiger partial charge >= 0.3 is 11.6 Å². The van der Waals surface area contributed by atoms with Crippen molar-refractivity contribution in [1.29, 1.82) is 0 Å². The van der Waals surface area contributed by atoms with Crippen molar-refractivity contribution in [1.82, 2.24) is 15.2 Å². The molecule has 0 saturated carbocycles. The second-order valence-electron chi connectivity index (χ2n) is 1.26. The summed E-state index contributed by atoms with van der Waals surface area (Å²) in [5, 5.41) is 14.6. The fourth-order valence-electron chi connectivity index (χ4n) is 0.348. The van der Waals surface area contributed by atoms with Crippen LogP contribution in [0.5, 0.6) is 0 Å². The monoisotopic (exact) mass is 131 g/mol. The van der Waals surface area contributed by atoms with Gasteiger partial charge in [0.25, 0.3) is 0 Å². The largest absolute Gasteiger partial charge is 0.457 e. The number of nitrogens with zero attached hydrogens (tertiary/aromatic N) is 2. The lowest BCUT2D eigenvalue weighted by molar-refractivity contribution is -0.394. The van der Waals surface area contributed by atoms with Crippen molar-refractivity contribution in [2.24, 2.45) is 0 Å². The van der Waals surface area contributed by atoms with Gasteiger partial charge in [-0.3, -0.25) is 0 Å². The third-order valence-electron chi connectivity index (χ3n) is 0.662. The van der Waals surface area contributed by atoms with Gasteiger partial charge < -0.3 is 10.1 Å². The van der Waals surface area contributed by atoms with E-state index in [1.165, 1.54) is 0 Å². The van der Waals surface area contributed by atoms with Crippen LogP contribution < -0.4 is 5.69 Å². The van der Waals surface area contributed by atoms with Gasteiger partial charge in [-0.25, -0.2) is 4.79 Å². The molecule has 7 heteroatoms.